The second-order valence-corrected chi connectivity index (χ2v) is 26.5. The fraction of sp³-hybridized carbons (Fsp3) is 0.538. The number of alkyl halides is 1. The van der Waals surface area contributed by atoms with E-state index in [-0.39, 0.29) is 96.5 Å². The minimum atomic E-state index is -1.60. The van der Waals surface area contributed by atoms with Crippen LogP contribution in [-0.4, -0.2) is 157 Å². The molecular weight excluding hydrogens is 1120 g/mol. The lowest BCUT2D eigenvalue weighted by Crippen LogP contribution is -2.54. The Hall–Kier alpha value is -6.78. The summed E-state index contributed by atoms with van der Waals surface area (Å²) in [6.07, 6.45) is 8.40. The molecule has 3 aromatic heterocycles. The van der Waals surface area contributed by atoms with Crippen molar-refractivity contribution in [3.63, 3.8) is 0 Å². The first-order valence-corrected chi connectivity index (χ1v) is 31.9. The number of aryl methyl sites for hydroxylation is 2. The number of thiazole rings is 1. The van der Waals surface area contributed by atoms with Crippen LogP contribution in [0.1, 0.15) is 132 Å². The number of β-amino-alcohol motifs (C(OH)–C–C–N with tert-alkyl or cyclic N) is 1. The van der Waals surface area contributed by atoms with Crippen LogP contribution in [0.3, 0.4) is 0 Å². The average molecular weight is 1200 g/mol. The molecule has 6 saturated heterocycles. The number of phenolic OH excluding ortho intramolecular Hbond substituents is 1. The highest BCUT2D eigenvalue weighted by atomic mass is 32.1. The first-order valence-electron chi connectivity index (χ1n) is 31.0. The Morgan fingerprint density at radius 1 is 0.953 bits per heavy atom. The number of aliphatic hydroxyl groups is 1. The van der Waals surface area contributed by atoms with Crippen molar-refractivity contribution >= 4 is 51.8 Å². The first kappa shape index (κ1) is 58.2. The summed E-state index contributed by atoms with van der Waals surface area (Å²) >= 11 is 1.58. The molecule has 7 aliphatic heterocycles. The Labute approximate surface area is 504 Å². The summed E-state index contributed by atoms with van der Waals surface area (Å²) in [6, 6.07) is 17.8. The van der Waals surface area contributed by atoms with Gasteiger partial charge in [0, 0.05) is 76.1 Å². The van der Waals surface area contributed by atoms with E-state index >= 15 is 8.78 Å². The highest BCUT2D eigenvalue weighted by molar-refractivity contribution is 7.13. The molecule has 86 heavy (non-hydrogen) atoms. The van der Waals surface area contributed by atoms with Gasteiger partial charge in [0.15, 0.2) is 11.6 Å². The predicted molar refractivity (Wildman–Crippen MR) is 325 cm³/mol. The molecule has 21 heteroatoms. The summed E-state index contributed by atoms with van der Waals surface area (Å²) in [5, 5.41) is 38.5. The van der Waals surface area contributed by atoms with Crippen molar-refractivity contribution in [1.29, 1.82) is 0 Å². The van der Waals surface area contributed by atoms with Gasteiger partial charge in [-0.3, -0.25) is 14.5 Å². The molecule has 0 spiro atoms. The number of carbonyl (C=O) groups is 2. The molecular formula is C65H79F2N11O7S. The van der Waals surface area contributed by atoms with E-state index in [0.29, 0.717) is 48.4 Å². The molecule has 0 aliphatic carbocycles. The number of aromatic nitrogens is 4. The number of aliphatic hydroxyl groups excluding tert-OH is 1. The Bertz CT molecular complexity index is 3620. The number of aromatic hydroxyl groups is 1. The molecule has 0 radical (unpaired) electrons. The van der Waals surface area contributed by atoms with Crippen LogP contribution in [0.4, 0.5) is 14.6 Å². The van der Waals surface area contributed by atoms with Gasteiger partial charge in [-0.05, 0) is 134 Å². The number of hydrogen-bond acceptors (Lipinski definition) is 17. The lowest BCUT2D eigenvalue weighted by molar-refractivity contribution is -0.141. The van der Waals surface area contributed by atoms with Crippen LogP contribution >= 0.6 is 11.3 Å². The number of phenols is 1. The topological polar surface area (TPSA) is 207 Å². The number of halogens is 2. The quantitative estimate of drug-likeness (QED) is 0.0574. The Morgan fingerprint density at radius 2 is 1.74 bits per heavy atom. The van der Waals surface area contributed by atoms with Gasteiger partial charge in [-0.2, -0.15) is 9.97 Å². The minimum Gasteiger partial charge on any atom is -0.508 e. The number of carbonyl (C=O) groups excluding carboxylic acids is 2. The second kappa shape index (κ2) is 23.7. The third-order valence-electron chi connectivity index (χ3n) is 19.7. The van der Waals surface area contributed by atoms with Crippen molar-refractivity contribution in [3.05, 3.63) is 105 Å². The molecule has 6 aromatic rings. The van der Waals surface area contributed by atoms with Gasteiger partial charge in [-0.15, -0.1) is 11.3 Å². The number of rotatable bonds is 18. The largest absolute Gasteiger partial charge is 0.508 e. The Balaban J connectivity index is 0.632. The number of ether oxygens (including phenoxy) is 2. The summed E-state index contributed by atoms with van der Waals surface area (Å²) in [5.74, 6) is -1.20. The van der Waals surface area contributed by atoms with Crippen LogP contribution in [-0.2, 0) is 16.0 Å². The van der Waals surface area contributed by atoms with Gasteiger partial charge in [0.2, 0.25) is 11.8 Å². The number of piperazine rings is 1. The van der Waals surface area contributed by atoms with Crippen molar-refractivity contribution in [2.75, 3.05) is 63.9 Å². The minimum absolute atomic E-state index is 0.00256. The van der Waals surface area contributed by atoms with E-state index in [1.54, 1.807) is 29.5 Å². The SMILES string of the molecule is CCc1cccc2cc(O)cc(C3NC=c4c(N5CC6CCC(C5)N6)nc(OC[C@@]56CCCN5[C@H](CN5CCC(F)(COc7cc([C@H](C(=O)N8C[C@H](O)C[C@H]8C(=O)N[C@@H](C)c8ccc(-c9scnc9C)cc8)C(C)C)on7)CC5)CC6)nc4=C3F)c12. The molecule has 3 aromatic carbocycles. The highest BCUT2D eigenvalue weighted by Crippen LogP contribution is 2.44. The fourth-order valence-corrected chi connectivity index (χ4v) is 15.9. The molecule has 10 heterocycles. The van der Waals surface area contributed by atoms with E-state index in [1.165, 1.54) is 4.90 Å². The third kappa shape index (κ3) is 11.3. The summed E-state index contributed by atoms with van der Waals surface area (Å²) in [7, 11) is 0. The van der Waals surface area contributed by atoms with Gasteiger partial charge in [-0.1, -0.05) is 63.2 Å². The summed E-state index contributed by atoms with van der Waals surface area (Å²) < 4.78 is 52.6. The van der Waals surface area contributed by atoms with Crippen molar-refractivity contribution < 1.29 is 42.6 Å². The maximum atomic E-state index is 17.5. The Kier molecular flexibility index (Phi) is 16.1. The van der Waals surface area contributed by atoms with Gasteiger partial charge in [-0.25, -0.2) is 13.8 Å². The van der Waals surface area contributed by atoms with Crippen LogP contribution in [0, 0.1) is 12.8 Å². The van der Waals surface area contributed by atoms with E-state index in [4.69, 9.17) is 24.0 Å². The van der Waals surface area contributed by atoms with Crippen LogP contribution in [0.25, 0.3) is 33.2 Å². The molecule has 3 unspecified atom stereocenters. The predicted octanol–water partition coefficient (Wildman–Crippen LogP) is 7.26. The number of benzene rings is 3. The average Bonchev–Trinajstić information content (AvgIpc) is 1.94. The molecule has 2 amide bonds. The third-order valence-corrected chi connectivity index (χ3v) is 20.6. The smallest absolute Gasteiger partial charge is 0.319 e. The maximum absolute atomic E-state index is 17.5. The molecule has 9 atom stereocenters. The summed E-state index contributed by atoms with van der Waals surface area (Å²) in [6.45, 7) is 14.2. The molecule has 5 N–H and O–H groups in total. The van der Waals surface area contributed by atoms with Crippen molar-refractivity contribution in [2.24, 2.45) is 5.92 Å². The summed E-state index contributed by atoms with van der Waals surface area (Å²) in [4.78, 5) is 52.3. The zero-order valence-corrected chi connectivity index (χ0v) is 50.6. The molecule has 0 saturated carbocycles. The van der Waals surface area contributed by atoms with E-state index in [1.807, 2.05) is 75.8 Å². The lowest BCUT2D eigenvalue weighted by Gasteiger charge is -2.40. The van der Waals surface area contributed by atoms with Crippen molar-refractivity contribution in [3.8, 4) is 28.1 Å². The van der Waals surface area contributed by atoms with Crippen LogP contribution < -0.4 is 40.9 Å². The van der Waals surface area contributed by atoms with E-state index in [0.717, 1.165) is 109 Å². The van der Waals surface area contributed by atoms with E-state index in [9.17, 15) is 19.8 Å². The Morgan fingerprint density at radius 3 is 2.49 bits per heavy atom. The normalized spacial score (nSPS) is 26.1. The molecule has 13 rings (SSSR count). The van der Waals surface area contributed by atoms with Crippen molar-refractivity contribution in [1.82, 2.24) is 50.8 Å². The summed E-state index contributed by atoms with van der Waals surface area (Å²) in [5.41, 5.74) is 4.61. The number of fused-ring (bicyclic) bond motifs is 5. The van der Waals surface area contributed by atoms with Crippen LogP contribution in [0.5, 0.6) is 17.6 Å². The standard InChI is InChI=1S/C65H79F2N11O7S/c1-6-40-9-7-10-43-25-47(79)26-49(55(40)43)57-56(66)58-50(29-68-57)60(76-30-44-15-16-45(31-76)71-44)73-63(72-58)84-35-65-18-8-22-78(65)46(17-19-65)32-75-23-20-64(67,21-24-75)34-83-53-28-52(85-74-53)54(37(2)3)62(82)77-33-48(80)27-51(77)61(81)70-38(4)41-11-13-42(14-12-41)59-39(5)69-36-86-59/h7,9-14,25-26,28-29,36-38,44-46,48,51,54,57,68,71,79-80H,6,8,15-24,27,30-35H2,1-5H3,(H,70,81)/t38-,44?,45?,46-,48+,51-,54+,57?,65-/m0/s1. The van der Waals surface area contributed by atoms with Gasteiger partial charge < -0.3 is 54.9 Å². The van der Waals surface area contributed by atoms with Crippen LogP contribution in [0.2, 0.25) is 0 Å². The molecule has 456 valence electrons. The molecule has 2 bridgehead atoms. The molecule has 18 nitrogen and oxygen atoms in total. The maximum Gasteiger partial charge on any atom is 0.319 e. The lowest BCUT2D eigenvalue weighted by atomic mass is 9.91. The molecule has 6 fully saturated rings. The van der Waals surface area contributed by atoms with Gasteiger partial charge in [0.05, 0.1) is 39.0 Å². The van der Waals surface area contributed by atoms with Crippen LogP contribution in [0.15, 0.2) is 70.7 Å². The number of anilines is 1. The number of nitrogens with zero attached hydrogens (tertiary/aromatic N) is 8. The monoisotopic (exact) mass is 1200 g/mol. The van der Waals surface area contributed by atoms with Gasteiger partial charge >= 0.3 is 6.01 Å². The second-order valence-electron chi connectivity index (χ2n) is 25.7. The number of hydrogen-bond donors (Lipinski definition) is 5. The number of amides is 2. The molecule has 7 aliphatic rings. The van der Waals surface area contributed by atoms with Gasteiger partial charge in [0.1, 0.15) is 53.8 Å². The fourth-order valence-electron chi connectivity index (χ4n) is 15.1. The number of piperidine rings is 1. The van der Waals surface area contributed by atoms with E-state index in [2.05, 4.69) is 53.8 Å². The first-order chi connectivity index (χ1) is 41.5. The van der Waals surface area contributed by atoms with E-state index < -0.39 is 35.6 Å². The zero-order chi connectivity index (χ0) is 59.6. The zero-order valence-electron chi connectivity index (χ0n) is 49.7. The highest BCUT2D eigenvalue weighted by Gasteiger charge is 2.51. The van der Waals surface area contributed by atoms with Gasteiger partial charge in [0.25, 0.3) is 5.88 Å². The van der Waals surface area contributed by atoms with Crippen molar-refractivity contribution in [2.45, 2.75) is 158 Å². The number of likely N-dealkylation sites (tertiary alicyclic amines) is 2. The number of nitrogens with one attached hydrogen (secondary N) is 3.